The molecule has 0 radical (unpaired) electrons. The van der Waals surface area contributed by atoms with Gasteiger partial charge in [-0.1, -0.05) is 19.3 Å². The van der Waals surface area contributed by atoms with Crippen LogP contribution >= 0.6 is 0 Å². The van der Waals surface area contributed by atoms with Crippen LogP contribution in [0.1, 0.15) is 67.9 Å². The zero-order valence-corrected chi connectivity index (χ0v) is 16.2. The molecule has 4 rings (SSSR count). The molecule has 6 nitrogen and oxygen atoms in total. The van der Waals surface area contributed by atoms with Crippen LogP contribution in [0.3, 0.4) is 0 Å². The molecule has 26 heavy (non-hydrogen) atoms. The summed E-state index contributed by atoms with van der Waals surface area (Å²) >= 11 is 0. The Morgan fingerprint density at radius 3 is 2.65 bits per heavy atom. The van der Waals surface area contributed by atoms with Gasteiger partial charge in [0.1, 0.15) is 5.54 Å². The summed E-state index contributed by atoms with van der Waals surface area (Å²) in [5.41, 5.74) is 3.29. The highest BCUT2D eigenvalue weighted by Crippen LogP contribution is 2.37. The van der Waals surface area contributed by atoms with E-state index in [1.165, 1.54) is 17.7 Å². The third-order valence-electron chi connectivity index (χ3n) is 6.67. The Labute approximate surface area is 156 Å². The first-order valence-electron chi connectivity index (χ1n) is 10.3. The second kappa shape index (κ2) is 7.31. The van der Waals surface area contributed by atoms with Crippen molar-refractivity contribution in [2.24, 2.45) is 7.05 Å². The lowest BCUT2D eigenvalue weighted by Crippen LogP contribution is -2.62. The summed E-state index contributed by atoms with van der Waals surface area (Å²) in [6.07, 6.45) is 8.68. The van der Waals surface area contributed by atoms with Crippen molar-refractivity contribution >= 4 is 5.91 Å². The highest BCUT2D eigenvalue weighted by Gasteiger charge is 2.46. The topological polar surface area (TPSA) is 59.4 Å². The van der Waals surface area contributed by atoms with Crippen LogP contribution in [-0.4, -0.2) is 52.4 Å². The van der Waals surface area contributed by atoms with E-state index in [4.69, 9.17) is 4.74 Å². The van der Waals surface area contributed by atoms with Crippen LogP contribution < -0.4 is 5.32 Å². The Kier molecular flexibility index (Phi) is 5.06. The molecule has 1 saturated carbocycles. The van der Waals surface area contributed by atoms with Crippen molar-refractivity contribution in [2.75, 3.05) is 26.3 Å². The van der Waals surface area contributed by atoms with Gasteiger partial charge in [-0.3, -0.25) is 14.4 Å². The molecule has 1 aromatic heterocycles. The number of morpholine rings is 1. The van der Waals surface area contributed by atoms with Gasteiger partial charge in [-0.05, 0) is 39.0 Å². The van der Waals surface area contributed by atoms with Gasteiger partial charge < -0.3 is 10.1 Å². The smallest absolute Gasteiger partial charge is 0.241 e. The maximum absolute atomic E-state index is 13.6. The number of nitrogens with one attached hydrogen (secondary N) is 1. The third kappa shape index (κ3) is 3.07. The molecule has 2 fully saturated rings. The van der Waals surface area contributed by atoms with Gasteiger partial charge in [-0.25, -0.2) is 0 Å². The van der Waals surface area contributed by atoms with E-state index in [2.05, 4.69) is 22.2 Å². The number of carbonyl (C=O) groups is 1. The minimum atomic E-state index is -0.338. The van der Waals surface area contributed by atoms with E-state index < -0.39 is 0 Å². The van der Waals surface area contributed by atoms with Crippen molar-refractivity contribution in [1.29, 1.82) is 0 Å². The van der Waals surface area contributed by atoms with Crippen LogP contribution in [0.25, 0.3) is 0 Å². The number of hydrogen-bond acceptors (Lipinski definition) is 4. The molecule has 0 bridgehead atoms. The van der Waals surface area contributed by atoms with E-state index in [1.54, 1.807) is 0 Å². The molecule has 1 unspecified atom stereocenters. The van der Waals surface area contributed by atoms with Crippen LogP contribution in [0.4, 0.5) is 0 Å². The molecule has 1 atom stereocenters. The molecule has 1 aromatic rings. The standard InChI is InChI=1S/C20H32N4O2/c1-15-18-16(7-6-8-17(18)23(2)22-15)21-19(25)20(9-4-3-5-10-20)24-11-13-26-14-12-24/h16H,3-14H2,1-2H3,(H,21,25). The molecule has 0 spiro atoms. The van der Waals surface area contributed by atoms with Crippen molar-refractivity contribution in [3.8, 4) is 0 Å². The molecule has 3 aliphatic rings. The van der Waals surface area contributed by atoms with Crippen molar-refractivity contribution in [3.63, 3.8) is 0 Å². The predicted molar refractivity (Wildman–Crippen MR) is 100.0 cm³/mol. The lowest BCUT2D eigenvalue weighted by molar-refractivity contribution is -0.141. The summed E-state index contributed by atoms with van der Waals surface area (Å²) < 4.78 is 7.55. The van der Waals surface area contributed by atoms with Crippen LogP contribution in [0.2, 0.25) is 0 Å². The molecule has 1 aliphatic heterocycles. The maximum Gasteiger partial charge on any atom is 0.241 e. The molecule has 6 heteroatoms. The number of ether oxygens (including phenoxy) is 1. The van der Waals surface area contributed by atoms with Crippen molar-refractivity contribution in [2.45, 2.75) is 69.9 Å². The van der Waals surface area contributed by atoms with E-state index in [9.17, 15) is 4.79 Å². The van der Waals surface area contributed by atoms with Crippen molar-refractivity contribution in [1.82, 2.24) is 20.0 Å². The minimum absolute atomic E-state index is 0.111. The van der Waals surface area contributed by atoms with Gasteiger partial charge >= 0.3 is 0 Å². The summed E-state index contributed by atoms with van der Waals surface area (Å²) in [7, 11) is 2.02. The lowest BCUT2D eigenvalue weighted by Gasteiger charge is -2.47. The minimum Gasteiger partial charge on any atom is -0.379 e. The van der Waals surface area contributed by atoms with Crippen LogP contribution in [0, 0.1) is 6.92 Å². The summed E-state index contributed by atoms with van der Waals surface area (Å²) in [6, 6.07) is 0.111. The van der Waals surface area contributed by atoms with Gasteiger partial charge in [0.2, 0.25) is 5.91 Å². The second-order valence-corrected chi connectivity index (χ2v) is 8.18. The largest absolute Gasteiger partial charge is 0.379 e. The first-order chi connectivity index (χ1) is 12.6. The Bertz CT molecular complexity index is 657. The van der Waals surface area contributed by atoms with E-state index in [1.807, 2.05) is 11.7 Å². The Hall–Kier alpha value is -1.40. The average molecular weight is 361 g/mol. The van der Waals surface area contributed by atoms with Gasteiger partial charge in [0.25, 0.3) is 0 Å². The van der Waals surface area contributed by atoms with E-state index >= 15 is 0 Å². The second-order valence-electron chi connectivity index (χ2n) is 8.18. The zero-order valence-electron chi connectivity index (χ0n) is 16.2. The monoisotopic (exact) mass is 360 g/mol. The molecular weight excluding hydrogens is 328 g/mol. The highest BCUT2D eigenvalue weighted by atomic mass is 16.5. The van der Waals surface area contributed by atoms with Crippen LogP contribution in [-0.2, 0) is 23.0 Å². The first kappa shape index (κ1) is 18.0. The van der Waals surface area contributed by atoms with E-state index in [0.717, 1.165) is 76.9 Å². The number of amides is 1. The lowest BCUT2D eigenvalue weighted by atomic mass is 9.78. The first-order valence-corrected chi connectivity index (χ1v) is 10.3. The fraction of sp³-hybridized carbons (Fsp3) is 0.800. The third-order valence-corrected chi connectivity index (χ3v) is 6.67. The Balaban J connectivity index is 1.58. The zero-order chi connectivity index (χ0) is 18.1. The Morgan fingerprint density at radius 2 is 1.92 bits per heavy atom. The normalized spacial score (nSPS) is 26.3. The van der Waals surface area contributed by atoms with Crippen LogP contribution in [0.5, 0.6) is 0 Å². The Morgan fingerprint density at radius 1 is 1.19 bits per heavy atom. The highest BCUT2D eigenvalue weighted by molar-refractivity contribution is 5.87. The number of rotatable bonds is 3. The number of carbonyl (C=O) groups excluding carboxylic acids is 1. The predicted octanol–water partition coefficient (Wildman–Crippen LogP) is 2.26. The number of fused-ring (bicyclic) bond motifs is 1. The van der Waals surface area contributed by atoms with Gasteiger partial charge in [-0.2, -0.15) is 5.10 Å². The van der Waals surface area contributed by atoms with Gasteiger partial charge in [0.05, 0.1) is 24.9 Å². The molecule has 2 aliphatic carbocycles. The van der Waals surface area contributed by atoms with E-state index in [0.29, 0.717) is 0 Å². The van der Waals surface area contributed by atoms with Crippen LogP contribution in [0.15, 0.2) is 0 Å². The number of hydrogen-bond donors (Lipinski definition) is 1. The fourth-order valence-electron chi connectivity index (χ4n) is 5.34. The van der Waals surface area contributed by atoms with Gasteiger partial charge in [-0.15, -0.1) is 0 Å². The molecule has 1 saturated heterocycles. The molecule has 0 aromatic carbocycles. The fourth-order valence-corrected chi connectivity index (χ4v) is 5.34. The van der Waals surface area contributed by atoms with E-state index in [-0.39, 0.29) is 17.5 Å². The average Bonchev–Trinajstić information content (AvgIpc) is 2.98. The summed E-state index contributed by atoms with van der Waals surface area (Å²) in [6.45, 7) is 5.29. The molecule has 2 heterocycles. The number of aryl methyl sites for hydroxylation is 2. The number of aromatic nitrogens is 2. The summed E-state index contributed by atoms with van der Waals surface area (Å²) in [5, 5.41) is 8.07. The molecule has 1 N–H and O–H groups in total. The van der Waals surface area contributed by atoms with Crippen molar-refractivity contribution in [3.05, 3.63) is 17.0 Å². The summed E-state index contributed by atoms with van der Waals surface area (Å²) in [5.74, 6) is 0.236. The molecule has 1 amide bonds. The molecule has 144 valence electrons. The number of nitrogens with zero attached hydrogens (tertiary/aromatic N) is 3. The maximum atomic E-state index is 13.6. The summed E-state index contributed by atoms with van der Waals surface area (Å²) in [4.78, 5) is 16.0. The van der Waals surface area contributed by atoms with Crippen molar-refractivity contribution < 1.29 is 9.53 Å². The van der Waals surface area contributed by atoms with Gasteiger partial charge in [0.15, 0.2) is 0 Å². The molecular formula is C20H32N4O2. The quantitative estimate of drug-likeness (QED) is 0.898. The van der Waals surface area contributed by atoms with Gasteiger partial charge in [0, 0.05) is 31.4 Å². The SMILES string of the molecule is Cc1nn(C)c2c1C(NC(=O)C1(N3CCOCC3)CCCCC1)CCC2.